The van der Waals surface area contributed by atoms with Gasteiger partial charge in [-0.15, -0.1) is 0 Å². The number of amides is 1. The molecular weight excluding hydrogens is 393 g/mol. The molecule has 1 N–H and O–H groups in total. The summed E-state index contributed by atoms with van der Waals surface area (Å²) in [5, 5.41) is 3.12. The summed E-state index contributed by atoms with van der Waals surface area (Å²) in [6.45, 7) is 0. The number of hydrogen-bond acceptors (Lipinski definition) is 3. The molecule has 3 aromatic carbocycles. The Kier molecular flexibility index (Phi) is 6.76. The molecule has 0 aromatic heterocycles. The molecule has 29 heavy (non-hydrogen) atoms. The maximum absolute atomic E-state index is 13.1. The third kappa shape index (κ3) is 5.77. The molecule has 6 heteroatoms. The molecule has 3 rings (SSSR count). The molecule has 3 aromatic rings. The number of ether oxygens (including phenoxy) is 1. The molecule has 4 nitrogen and oxygen atoms in total. The monoisotopic (exact) mass is 409 g/mol. The average Bonchev–Trinajstić information content (AvgIpc) is 2.73. The highest BCUT2D eigenvalue weighted by atomic mass is 35.5. The lowest BCUT2D eigenvalue weighted by Gasteiger charge is -2.17. The minimum atomic E-state index is -1.18. The lowest BCUT2D eigenvalue weighted by Crippen LogP contribution is -2.25. The number of rotatable bonds is 6. The Morgan fingerprint density at radius 3 is 2.28 bits per heavy atom. The van der Waals surface area contributed by atoms with Crippen molar-refractivity contribution >= 4 is 35.2 Å². The van der Waals surface area contributed by atoms with E-state index in [9.17, 15) is 14.0 Å². The first-order valence-electron chi connectivity index (χ1n) is 8.77. The highest BCUT2D eigenvalue weighted by molar-refractivity contribution is 6.32. The van der Waals surface area contributed by atoms with E-state index in [-0.39, 0.29) is 0 Å². The van der Waals surface area contributed by atoms with E-state index in [0.29, 0.717) is 21.8 Å². The van der Waals surface area contributed by atoms with Crippen molar-refractivity contribution < 1.29 is 18.7 Å². The second kappa shape index (κ2) is 9.66. The average molecular weight is 410 g/mol. The van der Waals surface area contributed by atoms with E-state index in [2.05, 4.69) is 5.32 Å². The summed E-state index contributed by atoms with van der Waals surface area (Å²) in [5.41, 5.74) is 1.55. The fraction of sp³-hybridized carbons (Fsp3) is 0.0435. The molecule has 0 aliphatic heterocycles. The molecule has 1 atom stereocenters. The van der Waals surface area contributed by atoms with E-state index < -0.39 is 23.8 Å². The van der Waals surface area contributed by atoms with Crippen molar-refractivity contribution in [2.75, 3.05) is 5.32 Å². The molecule has 0 bridgehead atoms. The minimum absolute atomic E-state index is 0.389. The molecule has 146 valence electrons. The SMILES string of the molecule is O=C(/C=C/c1ccccc1Cl)O[C@@H](C(=O)Nc1ccc(F)cc1)c1ccccc1. The zero-order valence-corrected chi connectivity index (χ0v) is 16.0. The van der Waals surface area contributed by atoms with Gasteiger partial charge in [0, 0.05) is 22.3 Å². The van der Waals surface area contributed by atoms with Crippen molar-refractivity contribution in [1.82, 2.24) is 0 Å². The van der Waals surface area contributed by atoms with Gasteiger partial charge in [0.15, 0.2) is 0 Å². The molecule has 0 spiro atoms. The van der Waals surface area contributed by atoms with Gasteiger partial charge in [0.05, 0.1) is 0 Å². The molecule has 0 unspecified atom stereocenters. The summed E-state index contributed by atoms with van der Waals surface area (Å²) in [6, 6.07) is 21.0. The first-order valence-corrected chi connectivity index (χ1v) is 9.15. The van der Waals surface area contributed by atoms with Crippen LogP contribution in [0.5, 0.6) is 0 Å². The number of nitrogens with one attached hydrogen (secondary N) is 1. The van der Waals surface area contributed by atoms with Gasteiger partial charge in [0.25, 0.3) is 5.91 Å². The lowest BCUT2D eigenvalue weighted by molar-refractivity contribution is -0.149. The van der Waals surface area contributed by atoms with E-state index >= 15 is 0 Å². The van der Waals surface area contributed by atoms with Crippen LogP contribution in [0.2, 0.25) is 5.02 Å². The summed E-state index contributed by atoms with van der Waals surface area (Å²) in [6.07, 6.45) is 1.55. The van der Waals surface area contributed by atoms with Gasteiger partial charge in [-0.25, -0.2) is 9.18 Å². The second-order valence-corrected chi connectivity index (χ2v) is 6.49. The van der Waals surface area contributed by atoms with Crippen LogP contribution < -0.4 is 5.32 Å². The summed E-state index contributed by atoms with van der Waals surface area (Å²) in [5.74, 6) is -1.67. The van der Waals surface area contributed by atoms with Crippen molar-refractivity contribution in [2.24, 2.45) is 0 Å². The van der Waals surface area contributed by atoms with Crippen LogP contribution in [0.15, 0.2) is 84.9 Å². The van der Waals surface area contributed by atoms with E-state index in [1.807, 2.05) is 0 Å². The van der Waals surface area contributed by atoms with Crippen LogP contribution in [0.1, 0.15) is 17.2 Å². The van der Waals surface area contributed by atoms with E-state index in [1.165, 1.54) is 36.4 Å². The largest absolute Gasteiger partial charge is 0.444 e. The number of benzene rings is 3. The Labute approximate surface area is 172 Å². The molecule has 1 amide bonds. The van der Waals surface area contributed by atoms with E-state index in [0.717, 1.165) is 0 Å². The highest BCUT2D eigenvalue weighted by Crippen LogP contribution is 2.21. The van der Waals surface area contributed by atoms with Crippen LogP contribution >= 0.6 is 11.6 Å². The predicted octanol–water partition coefficient (Wildman–Crippen LogP) is 5.42. The molecule has 0 radical (unpaired) electrons. The maximum atomic E-state index is 13.1. The standard InChI is InChI=1S/C23H17ClFNO3/c24-20-9-5-4-6-16(20)10-15-21(27)29-22(17-7-2-1-3-8-17)23(28)26-19-13-11-18(25)12-14-19/h1-15,22H,(H,26,28)/b15-10+/t22-/m1/s1. The zero-order chi connectivity index (χ0) is 20.6. The smallest absolute Gasteiger partial charge is 0.331 e. The lowest BCUT2D eigenvalue weighted by atomic mass is 10.1. The molecular formula is C23H17ClFNO3. The summed E-state index contributed by atoms with van der Waals surface area (Å²) in [4.78, 5) is 25.1. The Morgan fingerprint density at radius 1 is 0.931 bits per heavy atom. The van der Waals surface area contributed by atoms with Gasteiger partial charge >= 0.3 is 5.97 Å². The third-order valence-corrected chi connectivity index (χ3v) is 4.33. The molecule has 0 aliphatic rings. The number of carbonyl (C=O) groups is 2. The topological polar surface area (TPSA) is 55.4 Å². The van der Waals surface area contributed by atoms with Gasteiger partial charge in [0.1, 0.15) is 5.82 Å². The van der Waals surface area contributed by atoms with E-state index in [1.54, 1.807) is 54.6 Å². The quantitative estimate of drug-likeness (QED) is 0.437. The van der Waals surface area contributed by atoms with Crippen LogP contribution in [-0.2, 0) is 14.3 Å². The molecule has 0 heterocycles. The van der Waals surface area contributed by atoms with Gasteiger partial charge in [0.2, 0.25) is 6.10 Å². The van der Waals surface area contributed by atoms with Gasteiger partial charge in [-0.1, -0.05) is 60.1 Å². The first kappa shape index (κ1) is 20.3. The van der Waals surface area contributed by atoms with Gasteiger partial charge < -0.3 is 10.1 Å². The molecule has 0 saturated carbocycles. The van der Waals surface area contributed by atoms with Gasteiger partial charge in [-0.3, -0.25) is 4.79 Å². The predicted molar refractivity (Wildman–Crippen MR) is 111 cm³/mol. The van der Waals surface area contributed by atoms with Crippen molar-refractivity contribution in [2.45, 2.75) is 6.10 Å². The van der Waals surface area contributed by atoms with Crippen molar-refractivity contribution in [3.8, 4) is 0 Å². The maximum Gasteiger partial charge on any atom is 0.331 e. The van der Waals surface area contributed by atoms with Crippen LogP contribution in [-0.4, -0.2) is 11.9 Å². The number of carbonyl (C=O) groups excluding carboxylic acids is 2. The number of halogens is 2. The number of esters is 1. The van der Waals surface area contributed by atoms with Crippen LogP contribution in [0.4, 0.5) is 10.1 Å². The Morgan fingerprint density at radius 2 is 1.59 bits per heavy atom. The third-order valence-electron chi connectivity index (χ3n) is 3.99. The fourth-order valence-electron chi connectivity index (χ4n) is 2.57. The highest BCUT2D eigenvalue weighted by Gasteiger charge is 2.24. The second-order valence-electron chi connectivity index (χ2n) is 6.08. The van der Waals surface area contributed by atoms with Crippen molar-refractivity contribution in [3.05, 3.63) is 107 Å². The van der Waals surface area contributed by atoms with Crippen molar-refractivity contribution in [3.63, 3.8) is 0 Å². The van der Waals surface area contributed by atoms with Gasteiger partial charge in [-0.2, -0.15) is 0 Å². The molecule has 0 aliphatic carbocycles. The summed E-state index contributed by atoms with van der Waals surface area (Å²) in [7, 11) is 0. The number of hydrogen-bond donors (Lipinski definition) is 1. The number of anilines is 1. The van der Waals surface area contributed by atoms with Crippen molar-refractivity contribution in [1.29, 1.82) is 0 Å². The molecule has 0 saturated heterocycles. The normalized spacial score (nSPS) is 11.8. The minimum Gasteiger partial charge on any atom is -0.444 e. The van der Waals surface area contributed by atoms with Crippen LogP contribution in [0.3, 0.4) is 0 Å². The van der Waals surface area contributed by atoms with Crippen LogP contribution in [0.25, 0.3) is 6.08 Å². The molecule has 0 fully saturated rings. The summed E-state index contributed by atoms with van der Waals surface area (Å²) < 4.78 is 18.5. The van der Waals surface area contributed by atoms with Gasteiger partial charge in [-0.05, 0) is 42.0 Å². The zero-order valence-electron chi connectivity index (χ0n) is 15.2. The Hall–Kier alpha value is -3.44. The Bertz CT molecular complexity index is 1020. The van der Waals surface area contributed by atoms with E-state index in [4.69, 9.17) is 16.3 Å². The summed E-state index contributed by atoms with van der Waals surface area (Å²) >= 11 is 6.07. The Balaban J connectivity index is 1.76. The van der Waals surface area contributed by atoms with Crippen LogP contribution in [0, 0.1) is 5.82 Å². The fourth-order valence-corrected chi connectivity index (χ4v) is 2.76. The first-order chi connectivity index (χ1) is 14.0.